The quantitative estimate of drug-likeness (QED) is 0.759. The summed E-state index contributed by atoms with van der Waals surface area (Å²) in [5, 5.41) is 3.29. The van der Waals surface area contributed by atoms with E-state index in [9.17, 15) is 9.59 Å². The molecular formula is C14H24N5O2+. The van der Waals surface area contributed by atoms with Crippen molar-refractivity contribution in [3.05, 3.63) is 0 Å². The number of nitrogens with zero attached hydrogens (tertiary/aromatic N) is 4. The summed E-state index contributed by atoms with van der Waals surface area (Å²) in [4.78, 5) is 31.4. The molecule has 116 valence electrons. The van der Waals surface area contributed by atoms with Crippen LogP contribution in [0.15, 0.2) is 4.99 Å². The van der Waals surface area contributed by atoms with Gasteiger partial charge in [0.15, 0.2) is 0 Å². The van der Waals surface area contributed by atoms with E-state index in [2.05, 4.69) is 24.2 Å². The summed E-state index contributed by atoms with van der Waals surface area (Å²) in [7, 11) is 3.16. The number of amidine groups is 1. The van der Waals surface area contributed by atoms with Crippen LogP contribution in [0.25, 0.3) is 0 Å². The zero-order chi connectivity index (χ0) is 15.7. The highest BCUT2D eigenvalue weighted by molar-refractivity contribution is 6.22. The molecule has 2 aliphatic rings. The Hall–Kier alpha value is -1.92. The van der Waals surface area contributed by atoms with Gasteiger partial charge in [0.1, 0.15) is 0 Å². The van der Waals surface area contributed by atoms with Crippen LogP contribution in [-0.4, -0.2) is 71.3 Å². The van der Waals surface area contributed by atoms with E-state index in [-0.39, 0.29) is 11.9 Å². The summed E-state index contributed by atoms with van der Waals surface area (Å²) < 4.78 is 1.91. The summed E-state index contributed by atoms with van der Waals surface area (Å²) in [5.74, 6) is 1.57. The number of urea groups is 1. The molecule has 0 aliphatic carbocycles. The minimum atomic E-state index is -0.496. The molecule has 7 nitrogen and oxygen atoms in total. The number of carbonyl (C=O) groups excluding carboxylic acids is 2. The number of hydrogen-bond acceptors (Lipinski definition) is 4. The maximum atomic E-state index is 12.4. The molecule has 0 aromatic heterocycles. The Morgan fingerprint density at radius 2 is 1.95 bits per heavy atom. The summed E-state index contributed by atoms with van der Waals surface area (Å²) in [6.07, 6.45) is 1.03. The average Bonchev–Trinajstić information content (AvgIpc) is 2.81. The van der Waals surface area contributed by atoms with Crippen molar-refractivity contribution in [1.82, 2.24) is 15.1 Å². The van der Waals surface area contributed by atoms with Crippen molar-refractivity contribution >= 4 is 23.7 Å². The SMILES string of the molecule is CC[N+]1=C(NCCC(C)C)N=C2C1C(=O)N(C)C(=O)N2C. The Balaban J connectivity index is 2.25. The van der Waals surface area contributed by atoms with Gasteiger partial charge in [0, 0.05) is 14.1 Å². The van der Waals surface area contributed by atoms with Crippen molar-refractivity contribution < 1.29 is 14.2 Å². The van der Waals surface area contributed by atoms with Crippen LogP contribution in [0.4, 0.5) is 4.79 Å². The molecular weight excluding hydrogens is 270 g/mol. The molecule has 7 heteroatoms. The second-order valence-corrected chi connectivity index (χ2v) is 5.83. The van der Waals surface area contributed by atoms with E-state index >= 15 is 0 Å². The molecule has 1 N–H and O–H groups in total. The molecule has 1 fully saturated rings. The van der Waals surface area contributed by atoms with Crippen molar-refractivity contribution in [3.63, 3.8) is 0 Å². The lowest BCUT2D eigenvalue weighted by atomic mass is 10.1. The highest BCUT2D eigenvalue weighted by Crippen LogP contribution is 2.18. The number of carbonyl (C=O) groups is 2. The third-order valence-corrected chi connectivity index (χ3v) is 3.88. The van der Waals surface area contributed by atoms with Gasteiger partial charge in [-0.15, -0.1) is 0 Å². The fraction of sp³-hybridized carbons (Fsp3) is 0.714. The second kappa shape index (κ2) is 5.83. The molecule has 1 unspecified atom stereocenters. The highest BCUT2D eigenvalue weighted by Gasteiger charge is 2.50. The third-order valence-electron chi connectivity index (χ3n) is 3.88. The molecule has 1 atom stereocenters. The van der Waals surface area contributed by atoms with Crippen LogP contribution in [0.5, 0.6) is 0 Å². The molecule has 3 amide bonds. The van der Waals surface area contributed by atoms with Gasteiger partial charge in [0.2, 0.25) is 11.9 Å². The van der Waals surface area contributed by atoms with Crippen LogP contribution < -0.4 is 5.32 Å². The van der Waals surface area contributed by atoms with E-state index in [1.165, 1.54) is 11.9 Å². The Labute approximate surface area is 125 Å². The Bertz CT molecular complexity index is 523. The lowest BCUT2D eigenvalue weighted by Gasteiger charge is -2.31. The van der Waals surface area contributed by atoms with Crippen molar-refractivity contribution in [1.29, 1.82) is 0 Å². The number of aliphatic imine (C=N–C) groups is 1. The fourth-order valence-electron chi connectivity index (χ4n) is 2.54. The molecule has 0 spiro atoms. The van der Waals surface area contributed by atoms with E-state index < -0.39 is 6.04 Å². The summed E-state index contributed by atoms with van der Waals surface area (Å²) in [5.41, 5.74) is 0. The molecule has 21 heavy (non-hydrogen) atoms. The normalized spacial score (nSPS) is 22.2. The average molecular weight is 294 g/mol. The van der Waals surface area contributed by atoms with Crippen LogP contribution in [0.1, 0.15) is 27.2 Å². The maximum absolute atomic E-state index is 12.4. The number of hydrogen-bond donors (Lipinski definition) is 1. The van der Waals surface area contributed by atoms with E-state index in [0.29, 0.717) is 24.3 Å². The fourth-order valence-corrected chi connectivity index (χ4v) is 2.54. The van der Waals surface area contributed by atoms with Gasteiger partial charge >= 0.3 is 12.0 Å². The van der Waals surface area contributed by atoms with Crippen LogP contribution >= 0.6 is 0 Å². The zero-order valence-corrected chi connectivity index (χ0v) is 13.4. The van der Waals surface area contributed by atoms with E-state index in [4.69, 9.17) is 0 Å². The first-order valence-corrected chi connectivity index (χ1v) is 7.39. The van der Waals surface area contributed by atoms with E-state index in [1.54, 1.807) is 7.05 Å². The molecule has 0 radical (unpaired) electrons. The predicted octanol–water partition coefficient (Wildman–Crippen LogP) is 0.315. The molecule has 0 bridgehead atoms. The smallest absolute Gasteiger partial charge is 0.275 e. The first-order chi connectivity index (χ1) is 9.88. The largest absolute Gasteiger partial charge is 0.390 e. The Morgan fingerprint density at radius 1 is 1.29 bits per heavy atom. The summed E-state index contributed by atoms with van der Waals surface area (Å²) in [6.45, 7) is 7.76. The second-order valence-electron chi connectivity index (χ2n) is 5.83. The first kappa shape index (κ1) is 15.5. The van der Waals surface area contributed by atoms with Gasteiger partial charge in [0.05, 0.1) is 13.1 Å². The van der Waals surface area contributed by atoms with Gasteiger partial charge < -0.3 is 0 Å². The monoisotopic (exact) mass is 294 g/mol. The molecule has 2 heterocycles. The van der Waals surface area contributed by atoms with E-state index in [1.807, 2.05) is 11.5 Å². The lowest BCUT2D eigenvalue weighted by molar-refractivity contribution is -0.533. The maximum Gasteiger partial charge on any atom is 0.390 e. The Morgan fingerprint density at radius 3 is 2.52 bits per heavy atom. The number of rotatable bonds is 4. The van der Waals surface area contributed by atoms with E-state index in [0.717, 1.165) is 17.9 Å². The molecule has 2 aliphatic heterocycles. The molecule has 0 aromatic carbocycles. The van der Waals surface area contributed by atoms with Crippen LogP contribution in [0.2, 0.25) is 0 Å². The number of likely N-dealkylation sites (N-methyl/N-ethyl adjacent to an activating group) is 3. The van der Waals surface area contributed by atoms with Gasteiger partial charge in [-0.2, -0.15) is 0 Å². The summed E-state index contributed by atoms with van der Waals surface area (Å²) >= 11 is 0. The third kappa shape index (κ3) is 2.64. The number of nitrogens with one attached hydrogen (secondary N) is 1. The van der Waals surface area contributed by atoms with Gasteiger partial charge in [-0.25, -0.2) is 9.37 Å². The minimum Gasteiger partial charge on any atom is -0.275 e. The highest BCUT2D eigenvalue weighted by atomic mass is 16.2. The van der Waals surface area contributed by atoms with Crippen LogP contribution in [0.3, 0.4) is 0 Å². The predicted molar refractivity (Wildman–Crippen MR) is 80.4 cm³/mol. The lowest BCUT2D eigenvalue weighted by Crippen LogP contribution is -2.61. The topological polar surface area (TPSA) is 68.0 Å². The molecule has 0 aromatic rings. The molecule has 2 rings (SSSR count). The summed E-state index contributed by atoms with van der Waals surface area (Å²) in [6, 6.07) is -0.835. The van der Waals surface area contributed by atoms with Crippen molar-refractivity contribution in [2.45, 2.75) is 33.2 Å². The van der Waals surface area contributed by atoms with Gasteiger partial charge in [-0.05, 0) is 19.3 Å². The first-order valence-electron chi connectivity index (χ1n) is 7.39. The zero-order valence-electron chi connectivity index (χ0n) is 13.4. The number of amides is 3. The standard InChI is InChI=1S/C14H23N5O2/c1-6-19-10-11(16-13(19)15-8-7-9(2)3)17(4)14(21)18(5)12(10)20/h9-10H,6-8H2,1-5H3/p+1. The Kier molecular flexibility index (Phi) is 4.29. The van der Waals surface area contributed by atoms with Gasteiger partial charge in [-0.3, -0.25) is 19.9 Å². The number of guanidine groups is 1. The number of imide groups is 1. The van der Waals surface area contributed by atoms with Gasteiger partial charge in [0.25, 0.3) is 5.91 Å². The van der Waals surface area contributed by atoms with Crippen LogP contribution in [0, 0.1) is 5.92 Å². The van der Waals surface area contributed by atoms with Crippen molar-refractivity contribution in [2.24, 2.45) is 10.9 Å². The molecule has 0 saturated carbocycles. The number of fused-ring (bicyclic) bond motifs is 1. The minimum absolute atomic E-state index is 0.223. The van der Waals surface area contributed by atoms with Gasteiger partial charge in [-0.1, -0.05) is 18.8 Å². The van der Waals surface area contributed by atoms with Crippen molar-refractivity contribution in [3.8, 4) is 0 Å². The van der Waals surface area contributed by atoms with Crippen LogP contribution in [-0.2, 0) is 4.79 Å². The van der Waals surface area contributed by atoms with Crippen molar-refractivity contribution in [2.75, 3.05) is 27.2 Å². The molecule has 1 saturated heterocycles.